The molecular formula is C16H10N2S. The van der Waals surface area contributed by atoms with Crippen molar-refractivity contribution in [2.24, 2.45) is 0 Å². The first-order valence-corrected chi connectivity index (χ1v) is 6.76. The van der Waals surface area contributed by atoms with Crippen LogP contribution >= 0.6 is 11.3 Å². The van der Waals surface area contributed by atoms with Gasteiger partial charge in [-0.15, -0.1) is 11.3 Å². The maximum absolute atomic E-state index is 9.30. The summed E-state index contributed by atoms with van der Waals surface area (Å²) < 4.78 is 0. The Labute approximate surface area is 115 Å². The van der Waals surface area contributed by atoms with E-state index in [0.717, 1.165) is 21.5 Å². The normalized spacial score (nSPS) is 11.4. The predicted molar refractivity (Wildman–Crippen MR) is 79.5 cm³/mol. The van der Waals surface area contributed by atoms with Crippen LogP contribution in [-0.4, -0.2) is 4.98 Å². The number of para-hydroxylation sites is 1. The highest BCUT2D eigenvalue weighted by atomic mass is 32.1. The van der Waals surface area contributed by atoms with Crippen molar-refractivity contribution in [3.05, 3.63) is 64.5 Å². The second-order valence-electron chi connectivity index (χ2n) is 4.07. The highest BCUT2D eigenvalue weighted by Crippen LogP contribution is 2.21. The van der Waals surface area contributed by atoms with E-state index in [1.54, 1.807) is 11.3 Å². The zero-order valence-electron chi connectivity index (χ0n) is 10.1. The van der Waals surface area contributed by atoms with Gasteiger partial charge in [0.05, 0.1) is 16.8 Å². The first kappa shape index (κ1) is 11.6. The fourth-order valence-electron chi connectivity index (χ4n) is 1.90. The third kappa shape index (κ3) is 2.40. The van der Waals surface area contributed by atoms with Gasteiger partial charge in [0.1, 0.15) is 6.07 Å². The maximum Gasteiger partial charge on any atom is 0.101 e. The number of rotatable bonds is 2. The van der Waals surface area contributed by atoms with Crippen molar-refractivity contribution in [1.82, 2.24) is 4.98 Å². The number of fused-ring (bicyclic) bond motifs is 1. The molecule has 2 heterocycles. The molecule has 0 spiro atoms. The Morgan fingerprint density at radius 2 is 2.00 bits per heavy atom. The molecule has 0 fully saturated rings. The molecule has 3 heteroatoms. The Balaban J connectivity index is 2.10. The quantitative estimate of drug-likeness (QED) is 0.643. The van der Waals surface area contributed by atoms with Gasteiger partial charge in [-0.1, -0.05) is 30.3 Å². The molecule has 0 aliphatic rings. The van der Waals surface area contributed by atoms with E-state index in [9.17, 15) is 5.26 Å². The Morgan fingerprint density at radius 1 is 1.11 bits per heavy atom. The molecule has 1 aromatic carbocycles. The number of hydrogen-bond donors (Lipinski definition) is 0. The SMILES string of the molecule is N#C/C(=C\c1cccs1)c1ccc2ccccc2n1. The van der Waals surface area contributed by atoms with E-state index in [1.165, 1.54) is 0 Å². The van der Waals surface area contributed by atoms with Gasteiger partial charge in [-0.3, -0.25) is 0 Å². The van der Waals surface area contributed by atoms with Gasteiger partial charge in [0, 0.05) is 10.3 Å². The van der Waals surface area contributed by atoms with Crippen molar-refractivity contribution in [3.8, 4) is 6.07 Å². The van der Waals surface area contributed by atoms with Gasteiger partial charge in [-0.2, -0.15) is 5.26 Å². The van der Waals surface area contributed by atoms with E-state index in [4.69, 9.17) is 0 Å². The molecule has 3 aromatic rings. The minimum atomic E-state index is 0.591. The molecule has 0 aliphatic heterocycles. The minimum Gasteiger partial charge on any atom is -0.247 e. The topological polar surface area (TPSA) is 36.7 Å². The first-order chi connectivity index (χ1) is 9.36. The highest BCUT2D eigenvalue weighted by molar-refractivity contribution is 7.10. The van der Waals surface area contributed by atoms with Crippen molar-refractivity contribution in [2.45, 2.75) is 0 Å². The number of nitriles is 1. The number of hydrogen-bond acceptors (Lipinski definition) is 3. The second kappa shape index (κ2) is 5.05. The average molecular weight is 262 g/mol. The van der Waals surface area contributed by atoms with Crippen LogP contribution in [0.2, 0.25) is 0 Å². The Bertz CT molecular complexity index is 780. The Morgan fingerprint density at radius 3 is 2.79 bits per heavy atom. The van der Waals surface area contributed by atoms with Crippen molar-refractivity contribution in [1.29, 1.82) is 5.26 Å². The molecule has 0 radical (unpaired) electrons. The molecule has 0 unspecified atom stereocenters. The van der Waals surface area contributed by atoms with Crippen LogP contribution in [0.15, 0.2) is 53.9 Å². The molecule has 3 rings (SSSR count). The maximum atomic E-state index is 9.30. The van der Waals surface area contributed by atoms with Gasteiger partial charge in [0.2, 0.25) is 0 Å². The molecule has 0 atom stereocenters. The molecule has 0 amide bonds. The van der Waals surface area contributed by atoms with Crippen LogP contribution in [0, 0.1) is 11.3 Å². The van der Waals surface area contributed by atoms with E-state index in [-0.39, 0.29) is 0 Å². The number of thiophene rings is 1. The molecule has 90 valence electrons. The summed E-state index contributed by atoms with van der Waals surface area (Å²) in [6.45, 7) is 0. The van der Waals surface area contributed by atoms with Gasteiger partial charge >= 0.3 is 0 Å². The summed E-state index contributed by atoms with van der Waals surface area (Å²) >= 11 is 1.61. The summed E-state index contributed by atoms with van der Waals surface area (Å²) in [6.07, 6.45) is 1.88. The molecule has 0 saturated carbocycles. The fraction of sp³-hybridized carbons (Fsp3) is 0. The largest absolute Gasteiger partial charge is 0.247 e. The van der Waals surface area contributed by atoms with Crippen LogP contribution in [0.1, 0.15) is 10.6 Å². The molecule has 19 heavy (non-hydrogen) atoms. The van der Waals surface area contributed by atoms with E-state index >= 15 is 0 Å². The van der Waals surface area contributed by atoms with E-state index in [0.29, 0.717) is 5.57 Å². The molecule has 0 N–H and O–H groups in total. The number of nitrogens with zero attached hydrogens (tertiary/aromatic N) is 2. The Hall–Kier alpha value is -2.44. The summed E-state index contributed by atoms with van der Waals surface area (Å²) in [7, 11) is 0. The minimum absolute atomic E-state index is 0.591. The van der Waals surface area contributed by atoms with E-state index < -0.39 is 0 Å². The fourth-order valence-corrected chi connectivity index (χ4v) is 2.55. The van der Waals surface area contributed by atoms with Gasteiger partial charge < -0.3 is 0 Å². The average Bonchev–Trinajstić information content (AvgIpc) is 2.97. The third-order valence-electron chi connectivity index (χ3n) is 2.82. The van der Waals surface area contributed by atoms with Crippen LogP contribution in [0.3, 0.4) is 0 Å². The molecule has 0 aliphatic carbocycles. The van der Waals surface area contributed by atoms with Crippen LogP contribution in [-0.2, 0) is 0 Å². The molecule has 2 nitrogen and oxygen atoms in total. The smallest absolute Gasteiger partial charge is 0.101 e. The van der Waals surface area contributed by atoms with Crippen LogP contribution in [0.5, 0.6) is 0 Å². The standard InChI is InChI=1S/C16H10N2S/c17-11-13(10-14-5-3-9-19-14)16-8-7-12-4-1-2-6-15(12)18-16/h1-10H/b13-10+. The van der Waals surface area contributed by atoms with Crippen molar-refractivity contribution < 1.29 is 0 Å². The lowest BCUT2D eigenvalue weighted by Crippen LogP contribution is -1.88. The van der Waals surface area contributed by atoms with E-state index in [2.05, 4.69) is 11.1 Å². The van der Waals surface area contributed by atoms with Gasteiger partial charge in [0.15, 0.2) is 0 Å². The number of allylic oxidation sites excluding steroid dienone is 1. The van der Waals surface area contributed by atoms with Crippen molar-refractivity contribution >= 4 is 33.9 Å². The van der Waals surface area contributed by atoms with Gasteiger partial charge in [0.25, 0.3) is 0 Å². The zero-order chi connectivity index (χ0) is 13.1. The second-order valence-corrected chi connectivity index (χ2v) is 5.05. The highest BCUT2D eigenvalue weighted by Gasteiger charge is 2.04. The Kier molecular flexibility index (Phi) is 3.09. The third-order valence-corrected chi connectivity index (χ3v) is 3.64. The van der Waals surface area contributed by atoms with Gasteiger partial charge in [-0.25, -0.2) is 4.98 Å². The summed E-state index contributed by atoms with van der Waals surface area (Å²) in [5.41, 5.74) is 2.22. The van der Waals surface area contributed by atoms with Crippen LogP contribution in [0.25, 0.3) is 22.6 Å². The number of aromatic nitrogens is 1. The molecular weight excluding hydrogens is 252 g/mol. The zero-order valence-corrected chi connectivity index (χ0v) is 10.9. The van der Waals surface area contributed by atoms with E-state index in [1.807, 2.05) is 60.0 Å². The van der Waals surface area contributed by atoms with Gasteiger partial charge in [-0.05, 0) is 29.7 Å². The number of benzene rings is 1. The first-order valence-electron chi connectivity index (χ1n) is 5.88. The molecule has 0 bridgehead atoms. The summed E-state index contributed by atoms with van der Waals surface area (Å²) in [5.74, 6) is 0. The monoisotopic (exact) mass is 262 g/mol. The van der Waals surface area contributed by atoms with Crippen LogP contribution < -0.4 is 0 Å². The summed E-state index contributed by atoms with van der Waals surface area (Å²) in [4.78, 5) is 5.60. The molecule has 0 saturated heterocycles. The van der Waals surface area contributed by atoms with Crippen LogP contribution in [0.4, 0.5) is 0 Å². The van der Waals surface area contributed by atoms with Crippen molar-refractivity contribution in [2.75, 3.05) is 0 Å². The lowest BCUT2D eigenvalue weighted by Gasteiger charge is -2.01. The summed E-state index contributed by atoms with van der Waals surface area (Å²) in [6, 6.07) is 18.0. The predicted octanol–water partition coefficient (Wildman–Crippen LogP) is 4.36. The lowest BCUT2D eigenvalue weighted by atomic mass is 10.1. The van der Waals surface area contributed by atoms with Crippen molar-refractivity contribution in [3.63, 3.8) is 0 Å². The lowest BCUT2D eigenvalue weighted by molar-refractivity contribution is 1.35. The summed E-state index contributed by atoms with van der Waals surface area (Å²) in [5, 5.41) is 12.4. The molecule has 2 aromatic heterocycles. The number of pyridine rings is 1.